The summed E-state index contributed by atoms with van der Waals surface area (Å²) in [4.78, 5) is 4.27. The molecule has 4 N–H and O–H groups in total. The van der Waals surface area contributed by atoms with Gasteiger partial charge in [0.25, 0.3) is 0 Å². The molecule has 0 fully saturated rings. The van der Waals surface area contributed by atoms with Crippen molar-refractivity contribution in [2.75, 3.05) is 21.3 Å². The molecule has 14 aromatic carbocycles. The lowest BCUT2D eigenvalue weighted by molar-refractivity contribution is 1.31. The van der Waals surface area contributed by atoms with Crippen LogP contribution in [0.1, 0.15) is 0 Å². The summed E-state index contributed by atoms with van der Waals surface area (Å²) >= 11 is 0. The fourth-order valence-electron chi connectivity index (χ4n) is 10.3. The van der Waals surface area contributed by atoms with Crippen molar-refractivity contribution < 1.29 is 0 Å². The van der Waals surface area contributed by atoms with Crippen molar-refractivity contribution in [3.63, 3.8) is 0 Å². The molecule has 5 heteroatoms. The Hall–Kier alpha value is -11.0. The van der Waals surface area contributed by atoms with Gasteiger partial charge in [-0.1, -0.05) is 261 Å². The third-order valence-electron chi connectivity index (χ3n) is 14.4. The van der Waals surface area contributed by atoms with E-state index in [1.807, 2.05) is 42.5 Å². The van der Waals surface area contributed by atoms with Crippen molar-refractivity contribution in [2.24, 2.45) is 0 Å². The molecule has 0 saturated carbocycles. The Morgan fingerprint density at radius 1 is 0.195 bits per heavy atom. The van der Waals surface area contributed by atoms with Crippen molar-refractivity contribution in [3.8, 4) is 11.1 Å². The number of nitrogens with one attached hydrogen (secondary N) is 4. The van der Waals surface area contributed by atoms with Gasteiger partial charge in [0.05, 0.1) is 0 Å². The number of hydrogen-bond acceptors (Lipinski definition) is 5. The van der Waals surface area contributed by atoms with Gasteiger partial charge in [0, 0.05) is 72.9 Å². The highest BCUT2D eigenvalue weighted by Gasteiger charge is 2.07. The van der Waals surface area contributed by atoms with Crippen LogP contribution in [0.5, 0.6) is 0 Å². The van der Waals surface area contributed by atoms with E-state index in [0.29, 0.717) is 0 Å². The van der Waals surface area contributed by atoms with Gasteiger partial charge in [-0.05, 0) is 116 Å². The second-order valence-corrected chi connectivity index (χ2v) is 19.9. The van der Waals surface area contributed by atoms with Crippen LogP contribution in [0, 0.1) is 0 Å². The molecule has 0 unspecified atom stereocenters. The minimum absolute atomic E-state index is 0.865. The molecule has 1 heterocycles. The standard InChI is InChI=1S/C22H17N.2C20H15N.C15H12N2/c1-2-7-17(8-3-1)18-13-15-20(16-14-18)23-22-12-6-10-19-9-4-5-11-21(19)22;1-3-11-17-15(7-1)9-5-13-19(17)21-20-14-6-10-16-8-2-4-12-18(16)20;1-2-8-17-14-18(13-12-15(17)6-1)21-20-11-5-9-16-7-3-4-10-19(16)20;1-2-8-13-12(6-1)7-5-9-14(13)17-15-10-3-4-11-16-15/h1-16,23H;2*1-14,21H;1-11H,(H,16,17). The average Bonchev–Trinajstić information content (AvgIpc) is 3.65. The molecule has 0 aliphatic carbocycles. The predicted molar refractivity (Wildman–Crippen MR) is 353 cm³/mol. The summed E-state index contributed by atoms with van der Waals surface area (Å²) in [7, 11) is 0. The molecular formula is C77H59N5. The number of anilines is 8. The molecule has 392 valence electrons. The van der Waals surface area contributed by atoms with E-state index in [9.17, 15) is 0 Å². The average molecular weight is 1050 g/mol. The Morgan fingerprint density at radius 3 is 0.963 bits per heavy atom. The summed E-state index contributed by atoms with van der Waals surface area (Å²) in [6.07, 6.45) is 1.79. The predicted octanol–water partition coefficient (Wildman–Crippen LogP) is 21.7. The van der Waals surface area contributed by atoms with Gasteiger partial charge in [-0.25, -0.2) is 4.98 Å². The van der Waals surface area contributed by atoms with E-state index < -0.39 is 0 Å². The van der Waals surface area contributed by atoms with E-state index in [2.05, 4.69) is 311 Å². The normalized spacial score (nSPS) is 10.7. The fourth-order valence-corrected chi connectivity index (χ4v) is 10.3. The van der Waals surface area contributed by atoms with Crippen LogP contribution in [-0.2, 0) is 0 Å². The topological polar surface area (TPSA) is 61.0 Å². The first-order chi connectivity index (χ1) is 40.6. The summed E-state index contributed by atoms with van der Waals surface area (Å²) in [5.41, 5.74) is 10.3. The summed E-state index contributed by atoms with van der Waals surface area (Å²) < 4.78 is 0. The van der Waals surface area contributed by atoms with Crippen molar-refractivity contribution in [1.82, 2.24) is 4.98 Å². The van der Waals surface area contributed by atoms with Crippen LogP contribution < -0.4 is 21.3 Å². The Kier molecular flexibility index (Phi) is 15.9. The van der Waals surface area contributed by atoms with Crippen molar-refractivity contribution in [3.05, 3.63) is 334 Å². The number of pyridine rings is 1. The Morgan fingerprint density at radius 2 is 0.524 bits per heavy atom. The van der Waals surface area contributed by atoms with Gasteiger partial charge in [0.2, 0.25) is 0 Å². The summed E-state index contributed by atoms with van der Waals surface area (Å²) in [6.45, 7) is 0. The van der Waals surface area contributed by atoms with Crippen LogP contribution in [0.4, 0.5) is 45.6 Å². The molecule has 82 heavy (non-hydrogen) atoms. The zero-order valence-electron chi connectivity index (χ0n) is 45.2. The summed E-state index contributed by atoms with van der Waals surface area (Å²) in [5.74, 6) is 0.865. The minimum atomic E-state index is 0.865. The van der Waals surface area contributed by atoms with E-state index >= 15 is 0 Å². The number of benzene rings is 14. The monoisotopic (exact) mass is 1050 g/mol. The highest BCUT2D eigenvalue weighted by atomic mass is 15.0. The molecule has 0 radical (unpaired) electrons. The minimum Gasteiger partial charge on any atom is -0.355 e. The van der Waals surface area contributed by atoms with Gasteiger partial charge in [0.15, 0.2) is 0 Å². The van der Waals surface area contributed by atoms with Crippen LogP contribution in [0.15, 0.2) is 334 Å². The van der Waals surface area contributed by atoms with Gasteiger partial charge in [-0.3, -0.25) is 0 Å². The third kappa shape index (κ3) is 12.5. The van der Waals surface area contributed by atoms with Crippen LogP contribution in [0.2, 0.25) is 0 Å². The molecule has 0 bridgehead atoms. The maximum atomic E-state index is 4.27. The maximum Gasteiger partial charge on any atom is 0.130 e. The van der Waals surface area contributed by atoms with Crippen LogP contribution in [0.3, 0.4) is 0 Å². The molecule has 0 amide bonds. The van der Waals surface area contributed by atoms with Gasteiger partial charge < -0.3 is 21.3 Å². The lowest BCUT2D eigenvalue weighted by atomic mass is 10.1. The molecule has 0 aliphatic heterocycles. The lowest BCUT2D eigenvalue weighted by Crippen LogP contribution is -1.93. The Bertz CT molecular complexity index is 4470. The number of rotatable bonds is 9. The molecule has 0 spiro atoms. The van der Waals surface area contributed by atoms with Crippen LogP contribution >= 0.6 is 0 Å². The van der Waals surface area contributed by atoms with E-state index in [1.165, 1.54) is 75.8 Å². The molecule has 15 aromatic rings. The molecule has 15 rings (SSSR count). The van der Waals surface area contributed by atoms with Crippen LogP contribution in [0.25, 0.3) is 75.8 Å². The smallest absolute Gasteiger partial charge is 0.130 e. The first-order valence-corrected chi connectivity index (χ1v) is 27.7. The Balaban J connectivity index is 0.000000109. The van der Waals surface area contributed by atoms with Gasteiger partial charge in [-0.15, -0.1) is 0 Å². The van der Waals surface area contributed by atoms with E-state index in [-0.39, 0.29) is 0 Å². The summed E-state index contributed by atoms with van der Waals surface area (Å²) in [5, 5.41) is 28.9. The van der Waals surface area contributed by atoms with Crippen molar-refractivity contribution >= 4 is 110 Å². The Labute approximate surface area is 478 Å². The zero-order valence-corrected chi connectivity index (χ0v) is 45.2. The van der Waals surface area contributed by atoms with Gasteiger partial charge in [-0.2, -0.15) is 0 Å². The highest BCUT2D eigenvalue weighted by molar-refractivity contribution is 6.01. The number of fused-ring (bicyclic) bond motifs is 6. The molecule has 1 aromatic heterocycles. The highest BCUT2D eigenvalue weighted by Crippen LogP contribution is 2.33. The second kappa shape index (κ2) is 25.2. The first-order valence-electron chi connectivity index (χ1n) is 27.7. The van der Waals surface area contributed by atoms with Gasteiger partial charge in [0.1, 0.15) is 5.82 Å². The number of aromatic nitrogens is 1. The van der Waals surface area contributed by atoms with E-state index in [1.54, 1.807) is 6.20 Å². The zero-order chi connectivity index (χ0) is 55.1. The van der Waals surface area contributed by atoms with Crippen molar-refractivity contribution in [1.29, 1.82) is 0 Å². The molecule has 0 saturated heterocycles. The van der Waals surface area contributed by atoms with Crippen LogP contribution in [-0.4, -0.2) is 4.98 Å². The SMILES string of the molecule is c1ccc(-c2ccc(Nc3cccc4ccccc34)cc2)cc1.c1ccc(Nc2cccc3ccccc23)nc1.c1ccc2c(Nc3cccc4ccccc34)cccc2c1.c1ccc2cc(Nc3cccc4ccccc34)ccc2c1. The number of nitrogens with zero attached hydrogens (tertiary/aromatic N) is 1. The molecular weight excluding hydrogens is 995 g/mol. The molecule has 5 nitrogen and oxygen atoms in total. The fraction of sp³-hybridized carbons (Fsp3) is 0. The molecule has 0 aliphatic rings. The third-order valence-corrected chi connectivity index (χ3v) is 14.4. The second-order valence-electron chi connectivity index (χ2n) is 19.9. The summed E-state index contributed by atoms with van der Waals surface area (Å²) in [6, 6.07) is 113. The number of hydrogen-bond donors (Lipinski definition) is 4. The largest absolute Gasteiger partial charge is 0.355 e. The molecule has 0 atom stereocenters. The maximum absolute atomic E-state index is 4.27. The quantitative estimate of drug-likeness (QED) is 0.116. The van der Waals surface area contributed by atoms with E-state index in [4.69, 9.17) is 0 Å². The van der Waals surface area contributed by atoms with Crippen molar-refractivity contribution in [2.45, 2.75) is 0 Å². The van der Waals surface area contributed by atoms with E-state index in [0.717, 1.165) is 45.6 Å². The van der Waals surface area contributed by atoms with Gasteiger partial charge >= 0.3 is 0 Å². The lowest BCUT2D eigenvalue weighted by Gasteiger charge is -2.12. The first kappa shape index (κ1) is 51.7.